The maximum Gasteiger partial charge on any atom is 0.344 e. The van der Waals surface area contributed by atoms with E-state index >= 15 is 0 Å². The summed E-state index contributed by atoms with van der Waals surface area (Å²) < 4.78 is 4.97. The van der Waals surface area contributed by atoms with Gasteiger partial charge in [-0.15, -0.1) is 0 Å². The van der Waals surface area contributed by atoms with Crippen LogP contribution < -0.4 is 10.5 Å². The van der Waals surface area contributed by atoms with E-state index in [4.69, 9.17) is 15.6 Å². The van der Waals surface area contributed by atoms with Crippen molar-refractivity contribution < 1.29 is 14.6 Å². The molecule has 70 valence electrons. The minimum absolute atomic E-state index is 0.150. The lowest BCUT2D eigenvalue weighted by atomic mass is 10.4. The summed E-state index contributed by atoms with van der Waals surface area (Å²) in [6.07, 6.45) is 0.539. The van der Waals surface area contributed by atoms with Crippen LogP contribution in [0.25, 0.3) is 0 Å². The third-order valence-electron chi connectivity index (χ3n) is 1.44. The van der Waals surface area contributed by atoms with Crippen molar-refractivity contribution in [3.63, 3.8) is 0 Å². The van der Waals surface area contributed by atoms with Gasteiger partial charge in [0.1, 0.15) is 0 Å². The van der Waals surface area contributed by atoms with E-state index in [0.29, 0.717) is 5.69 Å². The molecule has 0 fully saturated rings. The third kappa shape index (κ3) is 2.33. The van der Waals surface area contributed by atoms with Crippen molar-refractivity contribution in [1.82, 2.24) is 4.98 Å². The zero-order valence-corrected chi connectivity index (χ0v) is 7.10. The molecule has 3 N–H and O–H groups in total. The highest BCUT2D eigenvalue weighted by molar-refractivity contribution is 5.72. The fourth-order valence-corrected chi connectivity index (χ4v) is 0.720. The van der Waals surface area contributed by atoms with Crippen LogP contribution in [0, 0.1) is 0 Å². The van der Waals surface area contributed by atoms with Crippen LogP contribution in [0.15, 0.2) is 18.3 Å². The summed E-state index contributed by atoms with van der Waals surface area (Å²) >= 11 is 0. The van der Waals surface area contributed by atoms with E-state index in [-0.39, 0.29) is 5.88 Å². The third-order valence-corrected chi connectivity index (χ3v) is 1.44. The molecule has 0 saturated carbocycles. The van der Waals surface area contributed by atoms with Gasteiger partial charge in [0.2, 0.25) is 5.88 Å². The summed E-state index contributed by atoms with van der Waals surface area (Å²) in [4.78, 5) is 14.2. The Kier molecular flexibility index (Phi) is 2.69. The summed E-state index contributed by atoms with van der Waals surface area (Å²) in [5, 5.41) is 8.54. The fourth-order valence-electron chi connectivity index (χ4n) is 0.720. The topological polar surface area (TPSA) is 85.4 Å². The number of rotatable bonds is 3. The van der Waals surface area contributed by atoms with E-state index in [1.807, 2.05) is 0 Å². The molecule has 5 heteroatoms. The number of aromatic nitrogens is 1. The van der Waals surface area contributed by atoms with Crippen molar-refractivity contribution in [1.29, 1.82) is 0 Å². The number of anilines is 1. The number of nitrogens with two attached hydrogens (primary N) is 1. The molecule has 0 amide bonds. The largest absolute Gasteiger partial charge is 0.479 e. The van der Waals surface area contributed by atoms with E-state index in [1.54, 1.807) is 12.1 Å². The Morgan fingerprint density at radius 1 is 1.77 bits per heavy atom. The van der Waals surface area contributed by atoms with Crippen molar-refractivity contribution in [2.24, 2.45) is 0 Å². The molecule has 1 heterocycles. The second-order valence-corrected chi connectivity index (χ2v) is 2.50. The Labute approximate surface area is 75.2 Å². The van der Waals surface area contributed by atoms with Crippen LogP contribution >= 0.6 is 0 Å². The molecule has 1 aromatic rings. The second kappa shape index (κ2) is 3.75. The van der Waals surface area contributed by atoms with Gasteiger partial charge in [-0.1, -0.05) is 0 Å². The standard InChI is InChI=1S/C8H10N2O3/c1-5(8(11)12)13-7-6(9)3-2-4-10-7/h2-5H,9H2,1H3,(H,11,12). The molecule has 1 atom stereocenters. The number of hydrogen-bond acceptors (Lipinski definition) is 4. The number of ether oxygens (including phenoxy) is 1. The van der Waals surface area contributed by atoms with Crippen LogP contribution in [-0.4, -0.2) is 22.2 Å². The van der Waals surface area contributed by atoms with Gasteiger partial charge in [0, 0.05) is 6.20 Å². The highest BCUT2D eigenvalue weighted by atomic mass is 16.5. The van der Waals surface area contributed by atoms with Crippen LogP contribution in [0.4, 0.5) is 5.69 Å². The van der Waals surface area contributed by atoms with Gasteiger partial charge >= 0.3 is 5.97 Å². The lowest BCUT2D eigenvalue weighted by Crippen LogP contribution is -2.23. The van der Waals surface area contributed by atoms with E-state index in [9.17, 15) is 4.79 Å². The maximum atomic E-state index is 10.4. The van der Waals surface area contributed by atoms with Crippen LogP contribution in [0.5, 0.6) is 5.88 Å². The van der Waals surface area contributed by atoms with Crippen molar-refractivity contribution in [2.75, 3.05) is 5.73 Å². The van der Waals surface area contributed by atoms with E-state index in [0.717, 1.165) is 0 Å². The predicted molar refractivity (Wildman–Crippen MR) is 46.4 cm³/mol. The molecule has 13 heavy (non-hydrogen) atoms. The average Bonchev–Trinajstić information content (AvgIpc) is 2.08. The molecule has 1 unspecified atom stereocenters. The first-order valence-electron chi connectivity index (χ1n) is 3.71. The average molecular weight is 182 g/mol. The van der Waals surface area contributed by atoms with Gasteiger partial charge in [0.05, 0.1) is 5.69 Å². The minimum Gasteiger partial charge on any atom is -0.479 e. The lowest BCUT2D eigenvalue weighted by molar-refractivity contribution is -0.144. The Balaban J connectivity index is 2.74. The summed E-state index contributed by atoms with van der Waals surface area (Å²) in [5.74, 6) is -0.901. The molecular formula is C8H10N2O3. The number of nitrogens with zero attached hydrogens (tertiary/aromatic N) is 1. The zero-order chi connectivity index (χ0) is 9.84. The Morgan fingerprint density at radius 3 is 3.00 bits per heavy atom. The monoisotopic (exact) mass is 182 g/mol. The molecule has 0 spiro atoms. The molecule has 0 aromatic carbocycles. The van der Waals surface area contributed by atoms with Gasteiger partial charge in [0.15, 0.2) is 6.10 Å². The van der Waals surface area contributed by atoms with Crippen LogP contribution in [0.1, 0.15) is 6.92 Å². The fraction of sp³-hybridized carbons (Fsp3) is 0.250. The quantitative estimate of drug-likeness (QED) is 0.711. The van der Waals surface area contributed by atoms with Crippen LogP contribution in [0.2, 0.25) is 0 Å². The van der Waals surface area contributed by atoms with Crippen molar-refractivity contribution in [3.05, 3.63) is 18.3 Å². The predicted octanol–water partition coefficient (Wildman–Crippen LogP) is 0.516. The van der Waals surface area contributed by atoms with Crippen molar-refractivity contribution in [3.8, 4) is 5.88 Å². The van der Waals surface area contributed by atoms with Gasteiger partial charge in [-0.25, -0.2) is 9.78 Å². The van der Waals surface area contributed by atoms with Gasteiger partial charge < -0.3 is 15.6 Å². The molecule has 0 radical (unpaired) electrons. The first-order chi connectivity index (χ1) is 6.11. The molecule has 0 aliphatic heterocycles. The van der Waals surface area contributed by atoms with Gasteiger partial charge in [-0.05, 0) is 19.1 Å². The van der Waals surface area contributed by atoms with Gasteiger partial charge in [-0.2, -0.15) is 0 Å². The van der Waals surface area contributed by atoms with Crippen molar-refractivity contribution >= 4 is 11.7 Å². The van der Waals surface area contributed by atoms with E-state index in [2.05, 4.69) is 4.98 Å². The Bertz CT molecular complexity index is 314. The van der Waals surface area contributed by atoms with Crippen molar-refractivity contribution in [2.45, 2.75) is 13.0 Å². The molecule has 1 rings (SSSR count). The second-order valence-electron chi connectivity index (χ2n) is 2.50. The first-order valence-corrected chi connectivity index (χ1v) is 3.71. The van der Waals surface area contributed by atoms with E-state index in [1.165, 1.54) is 13.1 Å². The minimum atomic E-state index is -1.05. The Hall–Kier alpha value is -1.78. The molecule has 1 aromatic heterocycles. The first kappa shape index (κ1) is 9.31. The molecular weight excluding hydrogens is 172 g/mol. The van der Waals surface area contributed by atoms with Crippen LogP contribution in [0.3, 0.4) is 0 Å². The smallest absolute Gasteiger partial charge is 0.344 e. The maximum absolute atomic E-state index is 10.4. The highest BCUT2D eigenvalue weighted by Gasteiger charge is 2.14. The summed E-state index contributed by atoms with van der Waals surface area (Å²) in [6.45, 7) is 1.41. The SMILES string of the molecule is CC(Oc1ncccc1N)C(=O)O. The number of carboxylic acid groups (broad SMARTS) is 1. The van der Waals surface area contributed by atoms with E-state index < -0.39 is 12.1 Å². The number of carbonyl (C=O) groups is 1. The Morgan fingerprint density at radius 2 is 2.46 bits per heavy atom. The molecule has 0 bridgehead atoms. The number of aliphatic carboxylic acids is 1. The summed E-state index contributed by atoms with van der Waals surface area (Å²) in [6, 6.07) is 3.24. The molecule has 5 nitrogen and oxygen atoms in total. The summed E-state index contributed by atoms with van der Waals surface area (Å²) in [5.41, 5.74) is 5.82. The normalized spacial score (nSPS) is 12.1. The molecule has 0 saturated heterocycles. The number of hydrogen-bond donors (Lipinski definition) is 2. The molecule has 0 aliphatic rings. The number of nitrogen functional groups attached to an aromatic ring is 1. The van der Waals surface area contributed by atoms with Gasteiger partial charge in [0.25, 0.3) is 0 Å². The summed E-state index contributed by atoms with van der Waals surface area (Å²) in [7, 11) is 0. The molecule has 0 aliphatic carbocycles. The zero-order valence-electron chi connectivity index (χ0n) is 7.10. The number of carboxylic acids is 1. The van der Waals surface area contributed by atoms with Gasteiger partial charge in [-0.3, -0.25) is 0 Å². The lowest BCUT2D eigenvalue weighted by Gasteiger charge is -2.10. The highest BCUT2D eigenvalue weighted by Crippen LogP contribution is 2.17. The number of pyridine rings is 1. The van der Waals surface area contributed by atoms with Crippen LogP contribution in [-0.2, 0) is 4.79 Å².